The molecule has 0 aliphatic carbocycles. The summed E-state index contributed by atoms with van der Waals surface area (Å²) in [6, 6.07) is 14.8. The van der Waals surface area contributed by atoms with E-state index in [0.717, 1.165) is 28.1 Å². The average Bonchev–Trinajstić information content (AvgIpc) is 3.12. The fourth-order valence-electron chi connectivity index (χ4n) is 2.62. The maximum Gasteiger partial charge on any atom is 0.141 e. The van der Waals surface area contributed by atoms with Gasteiger partial charge in [-0.25, -0.2) is 4.68 Å². The van der Waals surface area contributed by atoms with Crippen LogP contribution < -0.4 is 4.74 Å². The standard InChI is InChI=1S/C18H14N4O2/c1-24-13-6-4-12(5-7-13)15-11-22(21-20-15)16-8-9-17(23)18-14(16)3-2-10-19-18/h2-11,23H,1H3. The molecule has 4 aromatic rings. The largest absolute Gasteiger partial charge is 0.506 e. The number of hydrogen-bond donors (Lipinski definition) is 1. The first-order chi connectivity index (χ1) is 11.8. The van der Waals surface area contributed by atoms with Gasteiger partial charge in [-0.05, 0) is 48.5 Å². The lowest BCUT2D eigenvalue weighted by Crippen LogP contribution is -1.96. The molecule has 6 nitrogen and oxygen atoms in total. The van der Waals surface area contributed by atoms with Gasteiger partial charge < -0.3 is 9.84 Å². The van der Waals surface area contributed by atoms with Gasteiger partial charge in [-0.1, -0.05) is 5.21 Å². The van der Waals surface area contributed by atoms with Gasteiger partial charge in [-0.15, -0.1) is 5.10 Å². The highest BCUT2D eigenvalue weighted by atomic mass is 16.5. The van der Waals surface area contributed by atoms with Crippen LogP contribution in [0.15, 0.2) is 60.9 Å². The second kappa shape index (κ2) is 5.66. The second-order valence-electron chi connectivity index (χ2n) is 5.28. The van der Waals surface area contributed by atoms with Crippen molar-refractivity contribution in [1.29, 1.82) is 0 Å². The Morgan fingerprint density at radius 3 is 2.67 bits per heavy atom. The van der Waals surface area contributed by atoms with Crippen LogP contribution in [0, 0.1) is 0 Å². The van der Waals surface area contributed by atoms with Crippen LogP contribution in [0.3, 0.4) is 0 Å². The highest BCUT2D eigenvalue weighted by molar-refractivity contribution is 5.91. The smallest absolute Gasteiger partial charge is 0.141 e. The number of phenolic OH excluding ortho intramolecular Hbond substituents is 1. The van der Waals surface area contributed by atoms with E-state index in [1.807, 2.05) is 42.6 Å². The van der Waals surface area contributed by atoms with Crippen LogP contribution in [0.25, 0.3) is 27.8 Å². The Balaban J connectivity index is 1.79. The third-order valence-corrected chi connectivity index (χ3v) is 3.85. The summed E-state index contributed by atoms with van der Waals surface area (Å²) in [7, 11) is 1.63. The molecule has 118 valence electrons. The van der Waals surface area contributed by atoms with Crippen LogP contribution in [0.1, 0.15) is 0 Å². The minimum atomic E-state index is 0.143. The number of pyridine rings is 1. The van der Waals surface area contributed by atoms with Crippen molar-refractivity contribution in [3.8, 4) is 28.4 Å². The predicted octanol–water partition coefficient (Wildman–Crippen LogP) is 3.20. The summed E-state index contributed by atoms with van der Waals surface area (Å²) in [5.74, 6) is 0.937. The number of phenols is 1. The summed E-state index contributed by atoms with van der Waals surface area (Å²) in [6.45, 7) is 0. The van der Waals surface area contributed by atoms with Crippen molar-refractivity contribution >= 4 is 10.9 Å². The van der Waals surface area contributed by atoms with Crippen molar-refractivity contribution in [2.24, 2.45) is 0 Å². The predicted molar refractivity (Wildman–Crippen MR) is 90.3 cm³/mol. The summed E-state index contributed by atoms with van der Waals surface area (Å²) >= 11 is 0. The summed E-state index contributed by atoms with van der Waals surface area (Å²) in [5.41, 5.74) is 3.05. The number of nitrogens with zero attached hydrogens (tertiary/aromatic N) is 4. The van der Waals surface area contributed by atoms with Gasteiger partial charge in [-0.2, -0.15) is 0 Å². The maximum atomic E-state index is 9.96. The zero-order valence-electron chi connectivity index (χ0n) is 12.9. The Labute approximate surface area is 138 Å². The molecule has 0 fully saturated rings. The third-order valence-electron chi connectivity index (χ3n) is 3.85. The molecule has 0 saturated heterocycles. The minimum Gasteiger partial charge on any atom is -0.506 e. The number of aromatic nitrogens is 4. The third kappa shape index (κ3) is 2.34. The molecule has 6 heteroatoms. The molecule has 0 radical (unpaired) electrons. The first-order valence-corrected chi connectivity index (χ1v) is 7.40. The van der Waals surface area contributed by atoms with Crippen molar-refractivity contribution in [2.75, 3.05) is 7.11 Å². The number of hydrogen-bond acceptors (Lipinski definition) is 5. The number of benzene rings is 2. The zero-order valence-corrected chi connectivity index (χ0v) is 12.9. The molecule has 0 aliphatic rings. The Bertz CT molecular complexity index is 1010. The number of fused-ring (bicyclic) bond motifs is 1. The monoisotopic (exact) mass is 318 g/mol. The molecule has 1 N–H and O–H groups in total. The molecular weight excluding hydrogens is 304 g/mol. The van der Waals surface area contributed by atoms with Crippen molar-refractivity contribution in [3.63, 3.8) is 0 Å². The molecule has 0 bridgehead atoms. The van der Waals surface area contributed by atoms with Crippen LogP contribution in [-0.4, -0.2) is 32.2 Å². The van der Waals surface area contributed by atoms with Gasteiger partial charge in [0.25, 0.3) is 0 Å². The van der Waals surface area contributed by atoms with Crippen molar-refractivity contribution in [2.45, 2.75) is 0 Å². The van der Waals surface area contributed by atoms with Gasteiger partial charge >= 0.3 is 0 Å². The molecule has 2 aromatic carbocycles. The van der Waals surface area contributed by atoms with E-state index in [1.54, 1.807) is 30.1 Å². The van der Waals surface area contributed by atoms with E-state index in [0.29, 0.717) is 5.52 Å². The molecule has 2 heterocycles. The number of ether oxygens (including phenoxy) is 1. The van der Waals surface area contributed by atoms with Gasteiger partial charge in [0.2, 0.25) is 0 Å². The van der Waals surface area contributed by atoms with Crippen molar-refractivity contribution in [1.82, 2.24) is 20.0 Å². The molecule has 0 amide bonds. The lowest BCUT2D eigenvalue weighted by Gasteiger charge is -2.06. The molecule has 24 heavy (non-hydrogen) atoms. The molecule has 2 aromatic heterocycles. The van der Waals surface area contributed by atoms with Gasteiger partial charge in [0.05, 0.1) is 19.0 Å². The Kier molecular flexibility index (Phi) is 3.35. The zero-order chi connectivity index (χ0) is 16.5. The molecule has 0 spiro atoms. The summed E-state index contributed by atoms with van der Waals surface area (Å²) in [5, 5.41) is 19.2. The van der Waals surface area contributed by atoms with Gasteiger partial charge in [0.1, 0.15) is 22.7 Å². The highest BCUT2D eigenvalue weighted by Gasteiger charge is 2.11. The minimum absolute atomic E-state index is 0.143. The van der Waals surface area contributed by atoms with Crippen LogP contribution >= 0.6 is 0 Å². The van der Waals surface area contributed by atoms with E-state index < -0.39 is 0 Å². The van der Waals surface area contributed by atoms with Crippen LogP contribution in [0.2, 0.25) is 0 Å². The average molecular weight is 318 g/mol. The SMILES string of the molecule is COc1ccc(-c2cn(-c3ccc(O)c4ncccc34)nn2)cc1. The van der Waals surface area contributed by atoms with E-state index in [-0.39, 0.29) is 5.75 Å². The van der Waals surface area contributed by atoms with Gasteiger partial charge in [0.15, 0.2) is 0 Å². The maximum absolute atomic E-state index is 9.96. The van der Waals surface area contributed by atoms with Crippen LogP contribution in [-0.2, 0) is 0 Å². The number of aromatic hydroxyl groups is 1. The quantitative estimate of drug-likeness (QED) is 0.628. The Hall–Kier alpha value is -3.41. The summed E-state index contributed by atoms with van der Waals surface area (Å²) in [6.07, 6.45) is 3.50. The fraction of sp³-hybridized carbons (Fsp3) is 0.0556. The molecule has 0 saturated carbocycles. The lowest BCUT2D eigenvalue weighted by atomic mass is 10.1. The second-order valence-corrected chi connectivity index (χ2v) is 5.28. The fourth-order valence-corrected chi connectivity index (χ4v) is 2.62. The van der Waals surface area contributed by atoms with Crippen LogP contribution in [0.4, 0.5) is 0 Å². The first-order valence-electron chi connectivity index (χ1n) is 7.40. The van der Waals surface area contributed by atoms with E-state index in [1.165, 1.54) is 0 Å². The van der Waals surface area contributed by atoms with Gasteiger partial charge in [0, 0.05) is 17.1 Å². The van der Waals surface area contributed by atoms with Gasteiger partial charge in [-0.3, -0.25) is 4.98 Å². The molecule has 0 aliphatic heterocycles. The van der Waals surface area contributed by atoms with E-state index in [4.69, 9.17) is 4.74 Å². The summed E-state index contributed by atoms with van der Waals surface area (Å²) in [4.78, 5) is 4.23. The molecule has 0 unspecified atom stereocenters. The Morgan fingerprint density at radius 1 is 1.04 bits per heavy atom. The van der Waals surface area contributed by atoms with E-state index >= 15 is 0 Å². The van der Waals surface area contributed by atoms with Crippen LogP contribution in [0.5, 0.6) is 11.5 Å². The van der Waals surface area contributed by atoms with E-state index in [9.17, 15) is 5.11 Å². The Morgan fingerprint density at radius 2 is 1.88 bits per heavy atom. The molecular formula is C18H14N4O2. The molecule has 4 rings (SSSR count). The normalized spacial score (nSPS) is 10.9. The summed E-state index contributed by atoms with van der Waals surface area (Å²) < 4.78 is 6.85. The van der Waals surface area contributed by atoms with E-state index in [2.05, 4.69) is 15.3 Å². The lowest BCUT2D eigenvalue weighted by molar-refractivity contribution is 0.415. The van der Waals surface area contributed by atoms with Crippen molar-refractivity contribution in [3.05, 3.63) is 60.9 Å². The highest BCUT2D eigenvalue weighted by Crippen LogP contribution is 2.28. The first kappa shape index (κ1) is 14.2. The topological polar surface area (TPSA) is 73.1 Å². The number of methoxy groups -OCH3 is 1. The number of rotatable bonds is 3. The molecule has 0 atom stereocenters. The van der Waals surface area contributed by atoms with Crippen molar-refractivity contribution < 1.29 is 9.84 Å².